The second-order valence-electron chi connectivity index (χ2n) is 5.87. The Bertz CT molecular complexity index is 561. The van der Waals surface area contributed by atoms with Crippen molar-refractivity contribution in [3.63, 3.8) is 0 Å². The van der Waals surface area contributed by atoms with Crippen molar-refractivity contribution >= 4 is 33.3 Å². The van der Waals surface area contributed by atoms with Crippen LogP contribution < -0.4 is 4.90 Å². The van der Waals surface area contributed by atoms with Crippen LogP contribution in [0.4, 0.5) is 5.69 Å². The number of carbonyl (C=O) groups excluding carboxylic acids is 2. The fraction of sp³-hybridized carbons (Fsp3) is 0.500. The van der Waals surface area contributed by atoms with Gasteiger partial charge in [-0.05, 0) is 45.9 Å². The molecule has 1 amide bonds. The van der Waals surface area contributed by atoms with E-state index in [4.69, 9.17) is 0 Å². The van der Waals surface area contributed by atoms with Gasteiger partial charge >= 0.3 is 0 Å². The quantitative estimate of drug-likeness (QED) is 0.764. The monoisotopic (exact) mass is 352 g/mol. The van der Waals surface area contributed by atoms with Gasteiger partial charge in [-0.2, -0.15) is 0 Å². The van der Waals surface area contributed by atoms with E-state index in [0.29, 0.717) is 29.9 Å². The number of benzene rings is 1. The SMILES string of the molecule is CC(C)N(CCN1C(=O)C(=O)c2ccc(Br)cc21)C(C)C. The van der Waals surface area contributed by atoms with Crippen LogP contribution in [0.5, 0.6) is 0 Å². The van der Waals surface area contributed by atoms with Gasteiger partial charge in [0.25, 0.3) is 11.7 Å². The summed E-state index contributed by atoms with van der Waals surface area (Å²) < 4.78 is 0.873. The first-order valence-electron chi connectivity index (χ1n) is 7.24. The summed E-state index contributed by atoms with van der Waals surface area (Å²) in [7, 11) is 0. The number of ketones is 1. The zero-order valence-electron chi connectivity index (χ0n) is 12.9. The number of hydrogen-bond acceptors (Lipinski definition) is 3. The van der Waals surface area contributed by atoms with Crippen LogP contribution in [0.2, 0.25) is 0 Å². The Hall–Kier alpha value is -1.20. The van der Waals surface area contributed by atoms with Crippen LogP contribution in [0.1, 0.15) is 38.1 Å². The third-order valence-electron chi connectivity index (χ3n) is 3.84. The molecule has 0 unspecified atom stereocenters. The van der Waals surface area contributed by atoms with E-state index in [1.165, 1.54) is 0 Å². The van der Waals surface area contributed by atoms with E-state index in [1.807, 2.05) is 6.07 Å². The molecule has 1 heterocycles. The molecule has 4 nitrogen and oxygen atoms in total. The molecule has 0 aliphatic carbocycles. The van der Waals surface area contributed by atoms with E-state index in [0.717, 1.165) is 11.0 Å². The highest BCUT2D eigenvalue weighted by atomic mass is 79.9. The fourth-order valence-electron chi connectivity index (χ4n) is 2.82. The van der Waals surface area contributed by atoms with Crippen LogP contribution in [0.15, 0.2) is 22.7 Å². The van der Waals surface area contributed by atoms with Crippen molar-refractivity contribution in [2.45, 2.75) is 39.8 Å². The van der Waals surface area contributed by atoms with Crippen LogP contribution >= 0.6 is 15.9 Å². The number of fused-ring (bicyclic) bond motifs is 1. The number of amides is 1. The summed E-state index contributed by atoms with van der Waals surface area (Å²) in [5.41, 5.74) is 1.22. The lowest BCUT2D eigenvalue weighted by Gasteiger charge is -2.32. The zero-order valence-corrected chi connectivity index (χ0v) is 14.5. The normalized spacial score (nSPS) is 14.8. The molecule has 21 heavy (non-hydrogen) atoms. The van der Waals surface area contributed by atoms with Crippen molar-refractivity contribution in [2.24, 2.45) is 0 Å². The predicted octanol–water partition coefficient (Wildman–Crippen LogP) is 3.10. The summed E-state index contributed by atoms with van der Waals surface area (Å²) in [5, 5.41) is 0. The van der Waals surface area contributed by atoms with Crippen molar-refractivity contribution in [3.05, 3.63) is 28.2 Å². The Morgan fingerprint density at radius 3 is 2.33 bits per heavy atom. The molecule has 0 atom stereocenters. The lowest BCUT2D eigenvalue weighted by molar-refractivity contribution is -0.114. The van der Waals surface area contributed by atoms with E-state index in [-0.39, 0.29) is 0 Å². The number of nitrogens with zero attached hydrogens (tertiary/aromatic N) is 2. The highest BCUT2D eigenvalue weighted by molar-refractivity contribution is 9.10. The van der Waals surface area contributed by atoms with Crippen molar-refractivity contribution in [1.82, 2.24) is 4.90 Å². The highest BCUT2D eigenvalue weighted by Gasteiger charge is 2.35. The lowest BCUT2D eigenvalue weighted by atomic mass is 10.1. The van der Waals surface area contributed by atoms with Crippen molar-refractivity contribution in [1.29, 1.82) is 0 Å². The topological polar surface area (TPSA) is 40.6 Å². The Morgan fingerprint density at radius 1 is 1.14 bits per heavy atom. The van der Waals surface area contributed by atoms with Crippen LogP contribution in [-0.4, -0.2) is 41.8 Å². The molecule has 1 aliphatic heterocycles. The second kappa shape index (κ2) is 6.28. The molecule has 1 aliphatic rings. The Morgan fingerprint density at radius 2 is 1.76 bits per heavy atom. The second-order valence-corrected chi connectivity index (χ2v) is 6.79. The highest BCUT2D eigenvalue weighted by Crippen LogP contribution is 2.31. The minimum absolute atomic E-state index is 0.403. The number of halogens is 1. The number of Topliss-reactive ketones (excluding diaryl/α,β-unsaturated/α-hetero) is 1. The maximum absolute atomic E-state index is 12.2. The number of hydrogen-bond donors (Lipinski definition) is 0. The van der Waals surface area contributed by atoms with Gasteiger partial charge in [-0.1, -0.05) is 15.9 Å². The van der Waals surface area contributed by atoms with Gasteiger partial charge in [-0.15, -0.1) is 0 Å². The summed E-state index contributed by atoms with van der Waals surface area (Å²) in [6, 6.07) is 6.15. The van der Waals surface area contributed by atoms with Gasteiger partial charge in [-0.3, -0.25) is 14.5 Å². The lowest BCUT2D eigenvalue weighted by Crippen LogP contribution is -2.43. The summed E-state index contributed by atoms with van der Waals surface area (Å²) in [5.74, 6) is -0.825. The minimum Gasteiger partial charge on any atom is -0.303 e. The van der Waals surface area contributed by atoms with E-state index in [9.17, 15) is 9.59 Å². The number of carbonyl (C=O) groups is 2. The maximum Gasteiger partial charge on any atom is 0.299 e. The standard InChI is InChI=1S/C16H21BrN2O2/c1-10(2)18(11(3)4)7-8-19-14-9-12(17)5-6-13(14)15(20)16(19)21/h5-6,9-11H,7-8H2,1-4H3. The van der Waals surface area contributed by atoms with Gasteiger partial charge in [0.05, 0.1) is 11.3 Å². The Kier molecular flexibility index (Phi) is 4.84. The molecule has 0 saturated heterocycles. The van der Waals surface area contributed by atoms with Gasteiger partial charge in [0.15, 0.2) is 0 Å². The first-order chi connectivity index (χ1) is 9.82. The van der Waals surface area contributed by atoms with E-state index >= 15 is 0 Å². The van der Waals surface area contributed by atoms with Crippen LogP contribution in [0, 0.1) is 0 Å². The van der Waals surface area contributed by atoms with E-state index in [1.54, 1.807) is 17.0 Å². The minimum atomic E-state index is -0.421. The molecule has 0 spiro atoms. The molecule has 0 saturated carbocycles. The molecular weight excluding hydrogens is 332 g/mol. The average Bonchev–Trinajstić information content (AvgIpc) is 2.62. The molecule has 0 N–H and O–H groups in total. The average molecular weight is 353 g/mol. The summed E-state index contributed by atoms with van der Waals surface area (Å²) >= 11 is 3.40. The molecule has 1 aromatic rings. The summed E-state index contributed by atoms with van der Waals surface area (Å²) in [4.78, 5) is 28.1. The van der Waals surface area contributed by atoms with E-state index in [2.05, 4.69) is 48.5 Å². The fourth-order valence-corrected chi connectivity index (χ4v) is 3.17. The molecule has 2 rings (SSSR count). The van der Waals surface area contributed by atoms with Crippen molar-refractivity contribution in [2.75, 3.05) is 18.0 Å². The smallest absolute Gasteiger partial charge is 0.299 e. The largest absolute Gasteiger partial charge is 0.303 e. The molecule has 114 valence electrons. The van der Waals surface area contributed by atoms with Crippen LogP contribution in [0.3, 0.4) is 0 Å². The third-order valence-corrected chi connectivity index (χ3v) is 4.34. The molecule has 5 heteroatoms. The van der Waals surface area contributed by atoms with Gasteiger partial charge in [0.1, 0.15) is 0 Å². The van der Waals surface area contributed by atoms with Crippen molar-refractivity contribution < 1.29 is 9.59 Å². The molecule has 0 bridgehead atoms. The Balaban J connectivity index is 2.20. The van der Waals surface area contributed by atoms with Gasteiger partial charge < -0.3 is 4.90 Å². The maximum atomic E-state index is 12.2. The number of rotatable bonds is 5. The molecule has 1 aromatic carbocycles. The predicted molar refractivity (Wildman–Crippen MR) is 87.8 cm³/mol. The third kappa shape index (κ3) is 3.19. The summed E-state index contributed by atoms with van der Waals surface area (Å²) in [6.45, 7) is 9.84. The number of anilines is 1. The molecule has 0 radical (unpaired) electrons. The zero-order chi connectivity index (χ0) is 15.7. The van der Waals surface area contributed by atoms with Gasteiger partial charge in [0.2, 0.25) is 0 Å². The molecule has 0 fully saturated rings. The van der Waals surface area contributed by atoms with Crippen molar-refractivity contribution in [3.8, 4) is 0 Å². The van der Waals surface area contributed by atoms with Crippen LogP contribution in [0.25, 0.3) is 0 Å². The summed E-state index contributed by atoms with van der Waals surface area (Å²) in [6.07, 6.45) is 0. The van der Waals surface area contributed by atoms with Gasteiger partial charge in [0, 0.05) is 29.6 Å². The van der Waals surface area contributed by atoms with Crippen LogP contribution in [-0.2, 0) is 4.79 Å². The first kappa shape index (κ1) is 16.2. The molecule has 0 aromatic heterocycles. The van der Waals surface area contributed by atoms with E-state index < -0.39 is 11.7 Å². The Labute approximate surface area is 134 Å². The van der Waals surface area contributed by atoms with Gasteiger partial charge in [-0.25, -0.2) is 0 Å². The molecular formula is C16H21BrN2O2. The first-order valence-corrected chi connectivity index (χ1v) is 8.03.